The third kappa shape index (κ3) is 4.93. The SMILES string of the molecule is Cc1cc(C)c(-c2cn3c4ccccc4c4ccc(Oc5[c-]c6c(cc5)c5cccnc5n5cc(-c7ccccc7)nc65)[c-]c4c3n2)c(C)c1.[Pt+2]. The maximum atomic E-state index is 6.55. The normalized spacial score (nSPS) is 11.7. The number of hydrogen-bond donors (Lipinski definition) is 0. The summed E-state index contributed by atoms with van der Waals surface area (Å²) in [6.07, 6.45) is 6.02. The smallest absolute Gasteiger partial charge is 0.497 e. The Hall–Kier alpha value is -5.84. The zero-order chi connectivity index (χ0) is 33.5. The molecule has 5 heterocycles. The predicted octanol–water partition coefficient (Wildman–Crippen LogP) is 10.6. The molecule has 0 fully saturated rings. The van der Waals surface area contributed by atoms with E-state index in [4.69, 9.17) is 19.7 Å². The van der Waals surface area contributed by atoms with Crippen LogP contribution >= 0.6 is 0 Å². The molecule has 0 aliphatic heterocycles. The van der Waals surface area contributed by atoms with Crippen molar-refractivity contribution in [1.82, 2.24) is 23.8 Å². The minimum absolute atomic E-state index is 0. The van der Waals surface area contributed by atoms with Crippen LogP contribution in [-0.2, 0) is 21.1 Å². The molecular weight excluding hydrogens is 810 g/mol. The number of fused-ring (bicyclic) bond motifs is 12. The van der Waals surface area contributed by atoms with Crippen LogP contribution in [0.3, 0.4) is 0 Å². The largest absolute Gasteiger partial charge is 2.00 e. The van der Waals surface area contributed by atoms with Crippen molar-refractivity contribution in [3.8, 4) is 34.0 Å². The van der Waals surface area contributed by atoms with Crippen LogP contribution in [0.1, 0.15) is 16.7 Å². The summed E-state index contributed by atoms with van der Waals surface area (Å²) in [7, 11) is 0. The molecular formula is C44H29N5OPt. The fourth-order valence-electron chi connectivity index (χ4n) is 7.61. The zero-order valence-corrected chi connectivity index (χ0v) is 30.3. The van der Waals surface area contributed by atoms with Crippen LogP contribution in [0.15, 0.2) is 122 Å². The van der Waals surface area contributed by atoms with Gasteiger partial charge in [0.05, 0.1) is 22.7 Å². The number of imidazole rings is 2. The number of hydrogen-bond acceptors (Lipinski definition) is 4. The molecule has 0 saturated carbocycles. The van der Waals surface area contributed by atoms with E-state index < -0.39 is 0 Å². The van der Waals surface area contributed by atoms with Gasteiger partial charge in [-0.2, -0.15) is 0 Å². The van der Waals surface area contributed by atoms with Crippen LogP contribution in [-0.4, -0.2) is 23.8 Å². The van der Waals surface area contributed by atoms with Gasteiger partial charge in [-0.3, -0.25) is 9.97 Å². The Morgan fingerprint density at radius 1 is 0.569 bits per heavy atom. The van der Waals surface area contributed by atoms with Gasteiger partial charge in [0.15, 0.2) is 0 Å². The van der Waals surface area contributed by atoms with Crippen LogP contribution < -0.4 is 4.74 Å². The Morgan fingerprint density at radius 3 is 1.92 bits per heavy atom. The summed E-state index contributed by atoms with van der Waals surface area (Å²) in [5, 5.41) is 6.00. The zero-order valence-electron chi connectivity index (χ0n) is 28.0. The topological polar surface area (TPSA) is 56.7 Å². The van der Waals surface area contributed by atoms with Crippen LogP contribution in [0.25, 0.3) is 77.3 Å². The Kier molecular flexibility index (Phi) is 7.27. The first-order chi connectivity index (χ1) is 24.5. The fraction of sp³-hybridized carbons (Fsp3) is 0.0682. The second kappa shape index (κ2) is 11.9. The van der Waals surface area contributed by atoms with Gasteiger partial charge in [0, 0.05) is 46.7 Å². The summed E-state index contributed by atoms with van der Waals surface area (Å²) in [6, 6.07) is 42.4. The number of ether oxygens (including phenoxy) is 1. The molecule has 7 heteroatoms. The summed E-state index contributed by atoms with van der Waals surface area (Å²) in [6.45, 7) is 6.45. The molecule has 246 valence electrons. The number of nitrogens with zero attached hydrogens (tertiary/aromatic N) is 5. The maximum absolute atomic E-state index is 6.55. The molecule has 10 rings (SSSR count). The van der Waals surface area contributed by atoms with E-state index in [1.165, 1.54) is 16.7 Å². The van der Waals surface area contributed by atoms with Gasteiger partial charge >= 0.3 is 21.1 Å². The number of aromatic nitrogens is 5. The van der Waals surface area contributed by atoms with E-state index >= 15 is 0 Å². The molecule has 0 spiro atoms. The van der Waals surface area contributed by atoms with E-state index in [0.29, 0.717) is 11.5 Å². The molecule has 0 amide bonds. The summed E-state index contributed by atoms with van der Waals surface area (Å²) >= 11 is 0. The Balaban J connectivity index is 0.00000348. The number of aryl methyl sites for hydroxylation is 3. The molecule has 0 atom stereocenters. The van der Waals surface area contributed by atoms with E-state index in [2.05, 4.69) is 115 Å². The Bertz CT molecular complexity index is 2980. The first-order valence-corrected chi connectivity index (χ1v) is 16.7. The van der Waals surface area contributed by atoms with Crippen LogP contribution in [0.5, 0.6) is 11.5 Å². The summed E-state index contributed by atoms with van der Waals surface area (Å²) in [5.74, 6) is 1.17. The number of pyridine rings is 3. The summed E-state index contributed by atoms with van der Waals surface area (Å²) in [5.41, 5.74) is 11.3. The van der Waals surface area contributed by atoms with E-state index in [0.717, 1.165) is 77.3 Å². The minimum Gasteiger partial charge on any atom is -0.497 e. The molecule has 0 aliphatic rings. The van der Waals surface area contributed by atoms with Crippen molar-refractivity contribution in [3.63, 3.8) is 0 Å². The molecule has 0 bridgehead atoms. The van der Waals surface area contributed by atoms with Crippen molar-refractivity contribution in [3.05, 3.63) is 151 Å². The molecule has 5 aromatic heterocycles. The van der Waals surface area contributed by atoms with Crippen LogP contribution in [0.4, 0.5) is 0 Å². The third-order valence-corrected chi connectivity index (χ3v) is 9.68. The van der Waals surface area contributed by atoms with Crippen molar-refractivity contribution in [2.75, 3.05) is 0 Å². The van der Waals surface area contributed by atoms with Gasteiger partial charge in [0.25, 0.3) is 0 Å². The van der Waals surface area contributed by atoms with Crippen molar-refractivity contribution in [2.45, 2.75) is 20.8 Å². The molecule has 0 aliphatic carbocycles. The van der Waals surface area contributed by atoms with Crippen LogP contribution in [0, 0.1) is 32.9 Å². The first kappa shape index (κ1) is 31.2. The third-order valence-electron chi connectivity index (χ3n) is 9.68. The van der Waals surface area contributed by atoms with Gasteiger partial charge in [-0.15, -0.1) is 12.1 Å². The van der Waals surface area contributed by atoms with Crippen molar-refractivity contribution < 1.29 is 25.8 Å². The first-order valence-electron chi connectivity index (χ1n) is 16.7. The predicted molar refractivity (Wildman–Crippen MR) is 201 cm³/mol. The number of benzene rings is 5. The summed E-state index contributed by atoms with van der Waals surface area (Å²) in [4.78, 5) is 15.0. The molecule has 51 heavy (non-hydrogen) atoms. The monoisotopic (exact) mass is 838 g/mol. The average molecular weight is 839 g/mol. The van der Waals surface area contributed by atoms with Gasteiger partial charge < -0.3 is 13.5 Å². The molecule has 10 aromatic rings. The van der Waals surface area contributed by atoms with Crippen LogP contribution in [0.2, 0.25) is 0 Å². The van der Waals surface area contributed by atoms with Crippen molar-refractivity contribution in [2.24, 2.45) is 0 Å². The van der Waals surface area contributed by atoms with E-state index in [-0.39, 0.29) is 21.1 Å². The summed E-state index contributed by atoms with van der Waals surface area (Å²) < 4.78 is 10.8. The molecule has 5 aromatic carbocycles. The standard InChI is InChI=1S/C44H29N5O.Pt/c1-26-20-27(2)41(28(3)21-26)39-25-48-40-14-8-7-12-34(40)32-17-15-30(22-36(32)43(48)47-39)50-31-16-18-33-35-13-9-19-45-42(35)49-24-38(29-10-5-4-6-11-29)46-44(49)37(33)23-31;/h4-21,24-25H,1-3H3;/q-2;+2. The van der Waals surface area contributed by atoms with Gasteiger partial charge in [-0.25, -0.2) is 4.98 Å². The number of rotatable bonds is 4. The Morgan fingerprint density at radius 2 is 1.18 bits per heavy atom. The fourth-order valence-corrected chi connectivity index (χ4v) is 7.61. The van der Waals surface area contributed by atoms with E-state index in [1.807, 2.05) is 48.8 Å². The molecule has 0 radical (unpaired) electrons. The molecule has 0 N–H and O–H groups in total. The molecule has 6 nitrogen and oxygen atoms in total. The minimum atomic E-state index is 0. The number of para-hydroxylation sites is 1. The van der Waals surface area contributed by atoms with E-state index in [9.17, 15) is 0 Å². The van der Waals surface area contributed by atoms with Gasteiger partial charge in [-0.05, 0) is 54.8 Å². The average Bonchev–Trinajstić information content (AvgIpc) is 3.78. The second-order valence-electron chi connectivity index (χ2n) is 13.0. The molecule has 0 unspecified atom stereocenters. The molecule has 0 saturated heterocycles. The van der Waals surface area contributed by atoms with Gasteiger partial charge in [-0.1, -0.05) is 118 Å². The van der Waals surface area contributed by atoms with Crippen molar-refractivity contribution in [1.29, 1.82) is 0 Å². The van der Waals surface area contributed by atoms with Crippen molar-refractivity contribution >= 4 is 54.8 Å². The van der Waals surface area contributed by atoms with Gasteiger partial charge in [0.1, 0.15) is 5.65 Å². The van der Waals surface area contributed by atoms with Gasteiger partial charge in [0.2, 0.25) is 0 Å². The second-order valence-corrected chi connectivity index (χ2v) is 13.0. The maximum Gasteiger partial charge on any atom is 2.00 e. The quantitative estimate of drug-likeness (QED) is 0.131. The Labute approximate surface area is 308 Å². The van der Waals surface area contributed by atoms with E-state index in [1.54, 1.807) is 0 Å².